The molecular weight excluding hydrogens is 421 g/mol. The van der Waals surface area contributed by atoms with Crippen LogP contribution >= 0.6 is 0 Å². The van der Waals surface area contributed by atoms with Gasteiger partial charge < -0.3 is 26.3 Å². The van der Waals surface area contributed by atoms with Crippen molar-refractivity contribution >= 4 is 16.1 Å². The molecule has 6 heteroatoms. The van der Waals surface area contributed by atoms with E-state index in [-0.39, 0.29) is 16.5 Å². The van der Waals surface area contributed by atoms with Gasteiger partial charge in [0.1, 0.15) is 0 Å². The van der Waals surface area contributed by atoms with Crippen molar-refractivity contribution in [3.63, 3.8) is 0 Å². The Labute approximate surface area is 188 Å². The van der Waals surface area contributed by atoms with Crippen LogP contribution in [-0.4, -0.2) is 92.3 Å². The molecule has 168 valence electrons. The zero-order valence-corrected chi connectivity index (χ0v) is 23.3. The summed E-state index contributed by atoms with van der Waals surface area (Å²) in [6, 6.07) is 11.9. The van der Waals surface area contributed by atoms with Crippen LogP contribution in [0.15, 0.2) is 24.3 Å². The molecule has 1 rings (SSSR count). The normalized spacial score (nSPS) is 11.9. The number of rotatable bonds is 9. The molecule has 0 saturated heterocycles. The van der Waals surface area contributed by atoms with Crippen LogP contribution in [0.4, 0.5) is 0 Å². The van der Waals surface area contributed by atoms with Crippen LogP contribution in [0.3, 0.4) is 0 Å². The molecular formula is C22H45N3NiSi2-2. The third-order valence-corrected chi connectivity index (χ3v) is 12.4. The van der Waals surface area contributed by atoms with E-state index in [1.165, 1.54) is 5.56 Å². The van der Waals surface area contributed by atoms with E-state index in [2.05, 4.69) is 113 Å². The summed E-state index contributed by atoms with van der Waals surface area (Å²) < 4.78 is 0. The molecule has 0 N–H and O–H groups in total. The van der Waals surface area contributed by atoms with Crippen LogP contribution in [0, 0.1) is 11.2 Å². The van der Waals surface area contributed by atoms with Gasteiger partial charge in [0.05, 0.1) is 0 Å². The first-order chi connectivity index (χ1) is 12.2. The maximum absolute atomic E-state index is 3.41. The standard InChI is InChI=1S/C13H22Si2.C9H23N3.Ni/c1-14(2,3)13(15(4,5)6)12-10-8-7-9-11-12;1-10(2)6-8-12(5)9-7-11(3)4;/h7-10H,1-6H3;6-9H2,1-5H3;/q-2;;. The summed E-state index contributed by atoms with van der Waals surface area (Å²) in [5.74, 6) is 0. The molecule has 0 radical (unpaired) electrons. The minimum atomic E-state index is -1.22. The van der Waals surface area contributed by atoms with Gasteiger partial charge in [0.15, 0.2) is 0 Å². The summed E-state index contributed by atoms with van der Waals surface area (Å²) >= 11 is 0. The molecule has 0 aliphatic rings. The van der Waals surface area contributed by atoms with Gasteiger partial charge in [-0.2, -0.15) is 12.1 Å². The Morgan fingerprint density at radius 3 is 1.46 bits per heavy atom. The van der Waals surface area contributed by atoms with Gasteiger partial charge in [0, 0.05) is 42.7 Å². The van der Waals surface area contributed by atoms with Gasteiger partial charge in [-0.05, 0) is 51.4 Å². The largest absolute Gasteiger partial charge is 0.371 e. The molecule has 0 saturated carbocycles. The van der Waals surface area contributed by atoms with E-state index in [4.69, 9.17) is 0 Å². The number of likely N-dealkylation sites (N-methyl/N-ethyl adjacent to an activating group) is 3. The van der Waals surface area contributed by atoms with Gasteiger partial charge in [0.2, 0.25) is 0 Å². The molecule has 0 aromatic heterocycles. The summed E-state index contributed by atoms with van der Waals surface area (Å²) in [6.45, 7) is 19.3. The molecule has 28 heavy (non-hydrogen) atoms. The van der Waals surface area contributed by atoms with Crippen LogP contribution in [0.5, 0.6) is 0 Å². The Balaban J connectivity index is 0. The average Bonchev–Trinajstić information content (AvgIpc) is 2.49. The molecule has 0 aliphatic carbocycles. The molecule has 0 spiro atoms. The van der Waals surface area contributed by atoms with Crippen molar-refractivity contribution in [2.75, 3.05) is 61.4 Å². The van der Waals surface area contributed by atoms with Gasteiger partial charge in [-0.15, -0.1) is 6.07 Å². The second-order valence-corrected chi connectivity index (χ2v) is 20.6. The molecule has 0 amide bonds. The minimum absolute atomic E-state index is 0. The van der Waals surface area contributed by atoms with Gasteiger partial charge in [-0.3, -0.25) is 11.2 Å². The molecule has 1 aromatic carbocycles. The summed E-state index contributed by atoms with van der Waals surface area (Å²) in [5.41, 5.74) is 1.37. The van der Waals surface area contributed by atoms with E-state index >= 15 is 0 Å². The van der Waals surface area contributed by atoms with Crippen molar-refractivity contribution in [2.45, 2.75) is 39.3 Å². The second kappa shape index (κ2) is 14.0. The molecule has 0 fully saturated rings. The van der Waals surface area contributed by atoms with E-state index in [1.54, 1.807) is 5.16 Å². The maximum Gasteiger partial charge on any atom is 0.0107 e. The molecule has 3 nitrogen and oxygen atoms in total. The van der Waals surface area contributed by atoms with E-state index in [9.17, 15) is 0 Å². The number of benzene rings is 1. The van der Waals surface area contributed by atoms with E-state index in [0.29, 0.717) is 0 Å². The van der Waals surface area contributed by atoms with Crippen LogP contribution in [0.2, 0.25) is 39.3 Å². The van der Waals surface area contributed by atoms with Gasteiger partial charge in [-0.25, -0.2) is 0 Å². The fourth-order valence-corrected chi connectivity index (χ4v) is 14.3. The third-order valence-electron chi connectivity index (χ3n) is 4.34. The quantitative estimate of drug-likeness (QED) is 0.399. The van der Waals surface area contributed by atoms with Crippen molar-refractivity contribution in [3.05, 3.63) is 41.1 Å². The summed E-state index contributed by atoms with van der Waals surface area (Å²) in [6.07, 6.45) is 0. The predicted octanol–water partition coefficient (Wildman–Crippen LogP) is 4.20. The van der Waals surface area contributed by atoms with Crippen molar-refractivity contribution in [1.82, 2.24) is 14.7 Å². The first-order valence-corrected chi connectivity index (χ1v) is 17.1. The van der Waals surface area contributed by atoms with E-state index < -0.39 is 16.1 Å². The Hall–Kier alpha value is -0.103. The first-order valence-electron chi connectivity index (χ1n) is 10.1. The molecule has 0 atom stereocenters. The van der Waals surface area contributed by atoms with Gasteiger partial charge in [0.25, 0.3) is 0 Å². The average molecular weight is 466 g/mol. The number of hydrogen-bond donors (Lipinski definition) is 0. The molecule has 1 aromatic rings. The van der Waals surface area contributed by atoms with Crippen molar-refractivity contribution < 1.29 is 16.5 Å². The molecule has 0 unspecified atom stereocenters. The summed E-state index contributed by atoms with van der Waals surface area (Å²) in [5, 5.41) is 1.75. The fourth-order valence-electron chi connectivity index (χ4n) is 3.34. The smallest absolute Gasteiger partial charge is 0.0107 e. The van der Waals surface area contributed by atoms with Gasteiger partial charge >= 0.3 is 0 Å². The third kappa shape index (κ3) is 14.0. The predicted molar refractivity (Wildman–Crippen MR) is 129 cm³/mol. The van der Waals surface area contributed by atoms with E-state index in [0.717, 1.165) is 26.2 Å². The summed E-state index contributed by atoms with van der Waals surface area (Å²) in [4.78, 5) is 6.79. The fraction of sp³-hybridized carbons (Fsp3) is 0.682. The Bertz CT molecular complexity index is 471. The SMILES string of the molecule is CN(C)CCN(C)CCN(C)C.C[Si](C)(C)[C-](c1[c-]cccc1)[Si](C)(C)C.[Ni]. The van der Waals surface area contributed by atoms with Crippen LogP contribution in [0.25, 0.3) is 0 Å². The zero-order valence-electron chi connectivity index (χ0n) is 20.3. The van der Waals surface area contributed by atoms with Crippen molar-refractivity contribution in [3.8, 4) is 0 Å². The maximum atomic E-state index is 3.41. The Kier molecular flexibility index (Phi) is 15.0. The molecule has 0 aliphatic heterocycles. The van der Waals surface area contributed by atoms with Crippen LogP contribution < -0.4 is 0 Å². The Morgan fingerprint density at radius 1 is 0.750 bits per heavy atom. The zero-order chi connectivity index (χ0) is 21.3. The minimum Gasteiger partial charge on any atom is -0.371 e. The monoisotopic (exact) mass is 465 g/mol. The van der Waals surface area contributed by atoms with Crippen molar-refractivity contribution in [2.24, 2.45) is 0 Å². The molecule has 0 bridgehead atoms. The second-order valence-electron chi connectivity index (χ2n) is 10.1. The van der Waals surface area contributed by atoms with Crippen molar-refractivity contribution in [1.29, 1.82) is 0 Å². The van der Waals surface area contributed by atoms with Crippen LogP contribution in [0.1, 0.15) is 5.56 Å². The van der Waals surface area contributed by atoms with E-state index in [1.807, 2.05) is 6.07 Å². The van der Waals surface area contributed by atoms with Gasteiger partial charge in [-0.1, -0.05) is 39.3 Å². The first kappa shape index (κ1) is 30.1. The number of hydrogen-bond acceptors (Lipinski definition) is 3. The van der Waals surface area contributed by atoms with Crippen LogP contribution in [-0.2, 0) is 16.5 Å². The summed E-state index contributed by atoms with van der Waals surface area (Å²) in [7, 11) is 8.19. The molecule has 0 heterocycles. The topological polar surface area (TPSA) is 9.72 Å². The number of nitrogens with zero attached hydrogens (tertiary/aromatic N) is 3. The Morgan fingerprint density at radius 2 is 1.18 bits per heavy atom.